The third-order valence-electron chi connectivity index (χ3n) is 3.60. The van der Waals surface area contributed by atoms with Crippen LogP contribution in [0.1, 0.15) is 18.0 Å². The number of fused-ring (bicyclic) bond motifs is 1. The van der Waals surface area contributed by atoms with E-state index >= 15 is 0 Å². The quantitative estimate of drug-likeness (QED) is 0.788. The number of rotatable bonds is 7. The molecule has 0 amide bonds. The first-order chi connectivity index (χ1) is 9.70. The number of nitrogens with zero attached hydrogens (tertiary/aromatic N) is 1. The second-order valence-corrected chi connectivity index (χ2v) is 5.32. The van der Waals surface area contributed by atoms with Crippen molar-refractivity contribution < 1.29 is 4.74 Å². The van der Waals surface area contributed by atoms with Crippen molar-refractivity contribution in [3.63, 3.8) is 0 Å². The lowest BCUT2D eigenvalue weighted by molar-refractivity contribution is 0.177. The van der Waals surface area contributed by atoms with Gasteiger partial charge in [-0.1, -0.05) is 36.4 Å². The van der Waals surface area contributed by atoms with Gasteiger partial charge in [-0.15, -0.1) is 0 Å². The molecule has 2 rings (SSSR count). The molecule has 1 atom stereocenters. The SMILES string of the molecule is COCCCN(C)CC(N)c1ccc2ccccc2c1. The minimum Gasteiger partial charge on any atom is -0.385 e. The molecule has 108 valence electrons. The van der Waals surface area contributed by atoms with Gasteiger partial charge in [0.25, 0.3) is 0 Å². The predicted octanol–water partition coefficient (Wildman–Crippen LogP) is 2.81. The van der Waals surface area contributed by atoms with Gasteiger partial charge in [0.1, 0.15) is 0 Å². The maximum absolute atomic E-state index is 6.32. The lowest BCUT2D eigenvalue weighted by Crippen LogP contribution is -2.30. The van der Waals surface area contributed by atoms with Crippen LogP contribution in [0.25, 0.3) is 10.8 Å². The summed E-state index contributed by atoms with van der Waals surface area (Å²) < 4.78 is 5.07. The highest BCUT2D eigenvalue weighted by Crippen LogP contribution is 2.19. The van der Waals surface area contributed by atoms with E-state index in [1.165, 1.54) is 16.3 Å². The molecule has 3 heteroatoms. The van der Waals surface area contributed by atoms with Crippen molar-refractivity contribution in [2.75, 3.05) is 33.9 Å². The van der Waals surface area contributed by atoms with Crippen LogP contribution < -0.4 is 5.73 Å². The van der Waals surface area contributed by atoms with Crippen LogP contribution in [-0.4, -0.2) is 38.8 Å². The van der Waals surface area contributed by atoms with Gasteiger partial charge in [0.15, 0.2) is 0 Å². The van der Waals surface area contributed by atoms with Crippen LogP contribution in [0, 0.1) is 0 Å². The van der Waals surface area contributed by atoms with E-state index in [4.69, 9.17) is 10.5 Å². The average molecular weight is 272 g/mol. The zero-order valence-electron chi connectivity index (χ0n) is 12.4. The fraction of sp³-hybridized carbons (Fsp3) is 0.412. The number of methoxy groups -OCH3 is 1. The smallest absolute Gasteiger partial charge is 0.0474 e. The minimum atomic E-state index is 0.0483. The molecule has 20 heavy (non-hydrogen) atoms. The standard InChI is InChI=1S/C17H24N2O/c1-19(10-5-11-20-2)13-17(18)16-9-8-14-6-3-4-7-15(14)12-16/h3-4,6-9,12,17H,5,10-11,13,18H2,1-2H3. The molecule has 2 aromatic carbocycles. The number of ether oxygens (including phenoxy) is 1. The van der Waals surface area contributed by atoms with E-state index in [9.17, 15) is 0 Å². The van der Waals surface area contributed by atoms with Crippen LogP contribution >= 0.6 is 0 Å². The molecule has 2 N–H and O–H groups in total. The van der Waals surface area contributed by atoms with E-state index in [2.05, 4.69) is 54.4 Å². The third kappa shape index (κ3) is 4.04. The minimum absolute atomic E-state index is 0.0483. The van der Waals surface area contributed by atoms with Crippen LogP contribution in [-0.2, 0) is 4.74 Å². The van der Waals surface area contributed by atoms with Crippen LogP contribution in [0.15, 0.2) is 42.5 Å². The molecular weight excluding hydrogens is 248 g/mol. The van der Waals surface area contributed by atoms with Gasteiger partial charge in [-0.05, 0) is 35.9 Å². The van der Waals surface area contributed by atoms with Gasteiger partial charge in [-0.25, -0.2) is 0 Å². The number of benzene rings is 2. The van der Waals surface area contributed by atoms with Crippen molar-refractivity contribution in [1.29, 1.82) is 0 Å². The zero-order valence-corrected chi connectivity index (χ0v) is 12.4. The van der Waals surface area contributed by atoms with Crippen molar-refractivity contribution in [2.45, 2.75) is 12.5 Å². The maximum atomic E-state index is 6.32. The van der Waals surface area contributed by atoms with Crippen molar-refractivity contribution in [3.05, 3.63) is 48.0 Å². The normalized spacial score (nSPS) is 13.0. The molecule has 0 fully saturated rings. The van der Waals surface area contributed by atoms with Gasteiger partial charge in [-0.3, -0.25) is 0 Å². The van der Waals surface area contributed by atoms with Gasteiger partial charge < -0.3 is 15.4 Å². The first-order valence-electron chi connectivity index (χ1n) is 7.12. The summed E-state index contributed by atoms with van der Waals surface area (Å²) in [6.45, 7) is 2.67. The summed E-state index contributed by atoms with van der Waals surface area (Å²) in [6, 6.07) is 14.9. The van der Waals surface area contributed by atoms with Crippen LogP contribution in [0.5, 0.6) is 0 Å². The molecule has 2 aromatic rings. The summed E-state index contributed by atoms with van der Waals surface area (Å²) in [5, 5.41) is 2.51. The van der Waals surface area contributed by atoms with Crippen LogP contribution in [0.4, 0.5) is 0 Å². The Labute approximate surface area is 121 Å². The maximum Gasteiger partial charge on any atom is 0.0474 e. The molecule has 0 aliphatic carbocycles. The summed E-state index contributed by atoms with van der Waals surface area (Å²) >= 11 is 0. The molecule has 0 aliphatic rings. The summed E-state index contributed by atoms with van der Waals surface area (Å²) in [7, 11) is 3.84. The fourth-order valence-corrected chi connectivity index (χ4v) is 2.45. The number of likely N-dealkylation sites (N-methyl/N-ethyl adjacent to an activating group) is 1. The van der Waals surface area contributed by atoms with Crippen molar-refractivity contribution in [2.24, 2.45) is 5.73 Å². The van der Waals surface area contributed by atoms with E-state index in [0.29, 0.717) is 0 Å². The third-order valence-corrected chi connectivity index (χ3v) is 3.60. The van der Waals surface area contributed by atoms with E-state index in [1.807, 2.05) is 0 Å². The summed E-state index contributed by atoms with van der Waals surface area (Å²) in [5.41, 5.74) is 7.51. The Morgan fingerprint density at radius 3 is 2.65 bits per heavy atom. The second kappa shape index (κ2) is 7.39. The molecule has 0 saturated heterocycles. The predicted molar refractivity (Wildman–Crippen MR) is 84.9 cm³/mol. The zero-order chi connectivity index (χ0) is 14.4. The van der Waals surface area contributed by atoms with Gasteiger partial charge in [0, 0.05) is 32.8 Å². The number of hydrogen-bond donors (Lipinski definition) is 1. The Balaban J connectivity index is 1.98. The summed E-state index contributed by atoms with van der Waals surface area (Å²) in [6.07, 6.45) is 1.04. The Kier molecular flexibility index (Phi) is 5.53. The van der Waals surface area contributed by atoms with Gasteiger partial charge in [-0.2, -0.15) is 0 Å². The molecule has 0 aromatic heterocycles. The highest BCUT2D eigenvalue weighted by molar-refractivity contribution is 5.83. The summed E-state index contributed by atoms with van der Waals surface area (Å²) in [4.78, 5) is 2.26. The lowest BCUT2D eigenvalue weighted by Gasteiger charge is -2.21. The Hall–Kier alpha value is -1.42. The second-order valence-electron chi connectivity index (χ2n) is 5.32. The lowest BCUT2D eigenvalue weighted by atomic mass is 10.0. The van der Waals surface area contributed by atoms with Gasteiger partial charge in [0.2, 0.25) is 0 Å². The van der Waals surface area contributed by atoms with E-state index in [-0.39, 0.29) is 6.04 Å². The molecular formula is C17H24N2O. The Bertz CT molecular complexity index is 541. The van der Waals surface area contributed by atoms with Crippen molar-refractivity contribution in [1.82, 2.24) is 4.90 Å². The molecule has 0 spiro atoms. The molecule has 0 heterocycles. The van der Waals surface area contributed by atoms with E-state index in [0.717, 1.165) is 26.1 Å². The van der Waals surface area contributed by atoms with Gasteiger partial charge in [0.05, 0.1) is 0 Å². The van der Waals surface area contributed by atoms with Gasteiger partial charge >= 0.3 is 0 Å². The highest BCUT2D eigenvalue weighted by atomic mass is 16.5. The first-order valence-corrected chi connectivity index (χ1v) is 7.12. The largest absolute Gasteiger partial charge is 0.385 e. The molecule has 0 radical (unpaired) electrons. The Morgan fingerprint density at radius 2 is 1.90 bits per heavy atom. The topological polar surface area (TPSA) is 38.5 Å². The Morgan fingerprint density at radius 1 is 1.15 bits per heavy atom. The average Bonchev–Trinajstić information content (AvgIpc) is 2.47. The van der Waals surface area contributed by atoms with E-state index < -0.39 is 0 Å². The summed E-state index contributed by atoms with van der Waals surface area (Å²) in [5.74, 6) is 0. The molecule has 1 unspecified atom stereocenters. The van der Waals surface area contributed by atoms with Crippen LogP contribution in [0.2, 0.25) is 0 Å². The first kappa shape index (κ1) is 15.0. The van der Waals surface area contributed by atoms with Crippen molar-refractivity contribution >= 4 is 10.8 Å². The molecule has 0 bridgehead atoms. The van der Waals surface area contributed by atoms with Crippen LogP contribution in [0.3, 0.4) is 0 Å². The van der Waals surface area contributed by atoms with Crippen molar-refractivity contribution in [3.8, 4) is 0 Å². The molecule has 3 nitrogen and oxygen atoms in total. The number of hydrogen-bond acceptors (Lipinski definition) is 3. The fourth-order valence-electron chi connectivity index (χ4n) is 2.45. The van der Waals surface area contributed by atoms with E-state index in [1.54, 1.807) is 7.11 Å². The monoisotopic (exact) mass is 272 g/mol. The highest BCUT2D eigenvalue weighted by Gasteiger charge is 2.09. The molecule has 0 saturated carbocycles. The molecule has 0 aliphatic heterocycles. The number of nitrogens with two attached hydrogens (primary N) is 1.